The number of fused-ring (bicyclic) bond motifs is 5. The fourth-order valence-electron chi connectivity index (χ4n) is 5.58. The third-order valence-corrected chi connectivity index (χ3v) is 6.85. The summed E-state index contributed by atoms with van der Waals surface area (Å²) in [5.74, 6) is 2.45. The van der Waals surface area contributed by atoms with E-state index in [4.69, 9.17) is 9.47 Å². The number of nitrogens with one attached hydrogen (secondary N) is 1. The van der Waals surface area contributed by atoms with Crippen molar-refractivity contribution in [2.24, 2.45) is 11.8 Å². The van der Waals surface area contributed by atoms with Gasteiger partial charge in [0.2, 0.25) is 5.91 Å². The molecule has 7 nitrogen and oxygen atoms in total. The molecule has 2 bridgehead atoms. The topological polar surface area (TPSA) is 74.9 Å². The lowest BCUT2D eigenvalue weighted by Gasteiger charge is -2.52. The second-order valence-electron chi connectivity index (χ2n) is 8.52. The average molecular weight is 397 g/mol. The van der Waals surface area contributed by atoms with Crippen LogP contribution in [0.4, 0.5) is 0 Å². The molecule has 0 aliphatic carbocycles. The third kappa shape index (κ3) is 2.94. The van der Waals surface area contributed by atoms with E-state index in [-0.39, 0.29) is 5.91 Å². The number of carbonyl (C=O) groups is 2. The molecule has 29 heavy (non-hydrogen) atoms. The fourth-order valence-corrected chi connectivity index (χ4v) is 5.58. The molecule has 1 N–H and O–H groups in total. The molecular weight excluding hydrogens is 370 g/mol. The summed E-state index contributed by atoms with van der Waals surface area (Å²) < 4.78 is 10.9. The van der Waals surface area contributed by atoms with Crippen LogP contribution in [0.25, 0.3) is 10.9 Å². The second-order valence-corrected chi connectivity index (χ2v) is 8.52. The van der Waals surface area contributed by atoms with E-state index in [9.17, 15) is 9.59 Å². The van der Waals surface area contributed by atoms with Crippen molar-refractivity contribution in [1.82, 2.24) is 14.8 Å². The van der Waals surface area contributed by atoms with Gasteiger partial charge in [0.15, 0.2) is 0 Å². The lowest BCUT2D eigenvalue weighted by molar-refractivity contribution is -0.144. The highest BCUT2D eigenvalue weighted by Crippen LogP contribution is 2.39. The number of ether oxygens (including phenoxy) is 2. The van der Waals surface area contributed by atoms with E-state index < -0.39 is 0 Å². The highest BCUT2D eigenvalue weighted by molar-refractivity contribution is 6.01. The molecule has 0 saturated carbocycles. The quantitative estimate of drug-likeness (QED) is 0.864. The lowest BCUT2D eigenvalue weighted by Crippen LogP contribution is -2.61. The molecule has 3 aliphatic heterocycles. The second kappa shape index (κ2) is 6.97. The van der Waals surface area contributed by atoms with Gasteiger partial charge in [-0.15, -0.1) is 0 Å². The Hall–Kier alpha value is -2.70. The zero-order valence-electron chi connectivity index (χ0n) is 16.9. The van der Waals surface area contributed by atoms with Crippen LogP contribution in [-0.4, -0.2) is 66.5 Å². The minimum absolute atomic E-state index is 0.00981. The molecule has 3 saturated heterocycles. The Bertz CT molecular complexity index is 927. The Morgan fingerprint density at radius 1 is 1.14 bits per heavy atom. The third-order valence-electron chi connectivity index (χ3n) is 6.85. The largest absolute Gasteiger partial charge is 0.496 e. The molecule has 1 aromatic heterocycles. The number of aromatic nitrogens is 1. The van der Waals surface area contributed by atoms with E-state index in [2.05, 4.69) is 9.88 Å². The molecule has 154 valence electrons. The van der Waals surface area contributed by atoms with Crippen molar-refractivity contribution < 1.29 is 19.1 Å². The zero-order valence-corrected chi connectivity index (χ0v) is 16.9. The predicted molar refractivity (Wildman–Crippen MR) is 108 cm³/mol. The first-order chi connectivity index (χ1) is 14.1. The summed E-state index contributed by atoms with van der Waals surface area (Å²) in [4.78, 5) is 33.0. The molecule has 0 spiro atoms. The first kappa shape index (κ1) is 18.3. The summed E-state index contributed by atoms with van der Waals surface area (Å²) in [6.07, 6.45) is 3.83. The number of methoxy groups -OCH3 is 2. The monoisotopic (exact) mass is 397 g/mol. The highest BCUT2D eigenvalue weighted by atomic mass is 16.5. The van der Waals surface area contributed by atoms with Crippen LogP contribution in [0.1, 0.15) is 36.2 Å². The van der Waals surface area contributed by atoms with Crippen molar-refractivity contribution in [1.29, 1.82) is 0 Å². The number of benzene rings is 1. The van der Waals surface area contributed by atoms with Crippen molar-refractivity contribution in [3.8, 4) is 11.5 Å². The summed E-state index contributed by atoms with van der Waals surface area (Å²) in [5, 5.41) is 0.844. The summed E-state index contributed by atoms with van der Waals surface area (Å²) in [6, 6.07) is 5.85. The Morgan fingerprint density at radius 2 is 1.93 bits per heavy atom. The molecule has 3 unspecified atom stereocenters. The Morgan fingerprint density at radius 3 is 2.72 bits per heavy atom. The van der Waals surface area contributed by atoms with Gasteiger partial charge < -0.3 is 24.3 Å². The van der Waals surface area contributed by atoms with Gasteiger partial charge >= 0.3 is 0 Å². The Labute approximate surface area is 169 Å². The summed E-state index contributed by atoms with van der Waals surface area (Å²) in [6.45, 7) is 2.21. The van der Waals surface area contributed by atoms with Crippen molar-refractivity contribution in [3.63, 3.8) is 0 Å². The highest BCUT2D eigenvalue weighted by Gasteiger charge is 2.45. The van der Waals surface area contributed by atoms with Gasteiger partial charge in [0, 0.05) is 37.5 Å². The lowest BCUT2D eigenvalue weighted by atomic mass is 9.76. The molecular formula is C22H27N3O4. The van der Waals surface area contributed by atoms with Crippen LogP contribution in [0.3, 0.4) is 0 Å². The smallest absolute Gasteiger partial charge is 0.270 e. The van der Waals surface area contributed by atoms with Gasteiger partial charge in [-0.25, -0.2) is 0 Å². The summed E-state index contributed by atoms with van der Waals surface area (Å²) in [7, 11) is 3.24. The van der Waals surface area contributed by atoms with Crippen LogP contribution in [0, 0.1) is 11.8 Å². The summed E-state index contributed by atoms with van der Waals surface area (Å²) >= 11 is 0. The SMILES string of the molecule is COc1ccc(OC)c2[nH]c(C(=O)N3CC4CC(C3)C3CCCC(=O)N3C4)cc12. The van der Waals surface area contributed by atoms with Crippen LogP contribution in [0.5, 0.6) is 11.5 Å². The number of likely N-dealkylation sites (tertiary alicyclic amines) is 1. The van der Waals surface area contributed by atoms with Gasteiger partial charge in [-0.05, 0) is 49.3 Å². The van der Waals surface area contributed by atoms with Gasteiger partial charge in [-0.1, -0.05) is 0 Å². The molecule has 4 heterocycles. The van der Waals surface area contributed by atoms with Gasteiger partial charge in [-0.3, -0.25) is 9.59 Å². The first-order valence-electron chi connectivity index (χ1n) is 10.4. The maximum Gasteiger partial charge on any atom is 0.270 e. The standard InChI is InChI=1S/C22H27N3O4/c1-28-18-6-7-19(29-2)21-15(18)9-16(23-21)22(27)24-10-13-8-14(12-24)17-4-3-5-20(26)25(17)11-13/h6-7,9,13-14,17,23H,3-5,8,10-12H2,1-2H3. The predicted octanol–water partition coefficient (Wildman–Crippen LogP) is 2.66. The number of rotatable bonds is 3. The van der Waals surface area contributed by atoms with Crippen LogP contribution < -0.4 is 9.47 Å². The first-order valence-corrected chi connectivity index (χ1v) is 10.4. The maximum absolute atomic E-state index is 13.4. The number of nitrogens with zero attached hydrogens (tertiary/aromatic N) is 2. The van der Waals surface area contributed by atoms with Gasteiger partial charge in [0.25, 0.3) is 5.91 Å². The molecule has 3 atom stereocenters. The van der Waals surface area contributed by atoms with E-state index in [1.165, 1.54) is 0 Å². The number of aromatic amines is 1. The van der Waals surface area contributed by atoms with Crippen LogP contribution >= 0.6 is 0 Å². The number of amides is 2. The van der Waals surface area contributed by atoms with Gasteiger partial charge in [-0.2, -0.15) is 0 Å². The number of H-pyrrole nitrogens is 1. The van der Waals surface area contributed by atoms with Crippen LogP contribution in [-0.2, 0) is 4.79 Å². The maximum atomic E-state index is 13.4. The van der Waals surface area contributed by atoms with E-state index in [1.807, 2.05) is 23.1 Å². The molecule has 0 radical (unpaired) electrons. The zero-order chi connectivity index (χ0) is 20.1. The average Bonchev–Trinajstić information content (AvgIpc) is 3.18. The van der Waals surface area contributed by atoms with Crippen LogP contribution in [0.15, 0.2) is 18.2 Å². The van der Waals surface area contributed by atoms with Gasteiger partial charge in [0.1, 0.15) is 17.2 Å². The van der Waals surface area contributed by atoms with Crippen molar-refractivity contribution >= 4 is 22.7 Å². The van der Waals surface area contributed by atoms with E-state index in [0.717, 1.165) is 36.7 Å². The number of hydrogen-bond donors (Lipinski definition) is 1. The minimum atomic E-state index is 0.00981. The Kier molecular flexibility index (Phi) is 4.41. The van der Waals surface area contributed by atoms with E-state index in [1.54, 1.807) is 14.2 Å². The van der Waals surface area contributed by atoms with Gasteiger partial charge in [0.05, 0.1) is 19.7 Å². The van der Waals surface area contributed by atoms with Crippen molar-refractivity contribution in [2.45, 2.75) is 31.7 Å². The summed E-state index contributed by atoms with van der Waals surface area (Å²) in [5.41, 5.74) is 1.33. The molecule has 1 aromatic carbocycles. The molecule has 7 heteroatoms. The number of hydrogen-bond acceptors (Lipinski definition) is 4. The molecule has 3 aliphatic rings. The van der Waals surface area contributed by atoms with Crippen LogP contribution in [0.2, 0.25) is 0 Å². The number of carbonyl (C=O) groups excluding carboxylic acids is 2. The Balaban J connectivity index is 1.42. The van der Waals surface area contributed by atoms with Crippen molar-refractivity contribution in [2.75, 3.05) is 33.9 Å². The molecule has 2 amide bonds. The minimum Gasteiger partial charge on any atom is -0.496 e. The van der Waals surface area contributed by atoms with E-state index >= 15 is 0 Å². The normalized spacial score (nSPS) is 26.4. The molecule has 2 aromatic rings. The van der Waals surface area contributed by atoms with E-state index in [0.29, 0.717) is 60.5 Å². The molecule has 5 rings (SSSR count). The van der Waals surface area contributed by atoms with Crippen molar-refractivity contribution in [3.05, 3.63) is 23.9 Å². The fraction of sp³-hybridized carbons (Fsp3) is 0.545. The molecule has 3 fully saturated rings. The number of piperidine rings is 3.